The van der Waals surface area contributed by atoms with Crippen LogP contribution in [0.1, 0.15) is 24.9 Å². The predicted molar refractivity (Wildman–Crippen MR) is 49.1 cm³/mol. The third-order valence-electron chi connectivity index (χ3n) is 2.73. The zero-order chi connectivity index (χ0) is 11.2. The zero-order valence-electron chi connectivity index (χ0n) is 8.30. The number of nitrogens with zero attached hydrogens (tertiary/aromatic N) is 2. The first-order chi connectivity index (χ1) is 6.89. The van der Waals surface area contributed by atoms with Crippen molar-refractivity contribution in [2.24, 2.45) is 5.92 Å². The topological polar surface area (TPSA) is 43.8 Å². The van der Waals surface area contributed by atoms with E-state index < -0.39 is 12.0 Å². The molecule has 0 fully saturated rings. The summed E-state index contributed by atoms with van der Waals surface area (Å²) in [4.78, 5) is 3.41. The number of anilines is 1. The first-order valence-electron chi connectivity index (χ1n) is 4.81. The Morgan fingerprint density at radius 1 is 1.47 bits per heavy atom. The molecule has 84 valence electrons. The first-order valence-corrected chi connectivity index (χ1v) is 4.81. The molecule has 0 amide bonds. The van der Waals surface area contributed by atoms with Gasteiger partial charge in [0.15, 0.2) is 0 Å². The summed E-state index contributed by atoms with van der Waals surface area (Å²) in [5, 5.41) is 0. The number of rotatable bonds is 0. The highest BCUT2D eigenvalue weighted by Gasteiger charge is 2.39. The van der Waals surface area contributed by atoms with E-state index in [0.717, 1.165) is 6.42 Å². The van der Waals surface area contributed by atoms with Crippen molar-refractivity contribution in [3.8, 4) is 0 Å². The van der Waals surface area contributed by atoms with Crippen molar-refractivity contribution in [1.29, 1.82) is 0 Å². The van der Waals surface area contributed by atoms with Crippen LogP contribution in [0, 0.1) is 5.92 Å². The molecule has 2 N–H and O–H groups in total. The van der Waals surface area contributed by atoms with Gasteiger partial charge in [0, 0.05) is 6.54 Å². The van der Waals surface area contributed by atoms with Gasteiger partial charge in [0.05, 0.1) is 5.69 Å². The van der Waals surface area contributed by atoms with E-state index in [-0.39, 0.29) is 11.7 Å². The molecule has 0 aromatic carbocycles. The largest absolute Gasteiger partial charge is 0.449 e. The normalized spacial score (nSPS) is 21.5. The Morgan fingerprint density at radius 2 is 2.13 bits per heavy atom. The number of aromatic nitrogens is 2. The van der Waals surface area contributed by atoms with Crippen molar-refractivity contribution in [3.63, 3.8) is 0 Å². The second-order valence-corrected chi connectivity index (χ2v) is 4.02. The van der Waals surface area contributed by atoms with Gasteiger partial charge in [-0.25, -0.2) is 4.98 Å². The molecule has 0 saturated carbocycles. The van der Waals surface area contributed by atoms with Gasteiger partial charge in [-0.05, 0) is 18.8 Å². The maximum Gasteiger partial charge on any atom is 0.449 e. The number of imidazole rings is 1. The van der Waals surface area contributed by atoms with Gasteiger partial charge in [-0.3, -0.25) is 0 Å². The maximum absolute atomic E-state index is 12.6. The van der Waals surface area contributed by atoms with Crippen LogP contribution < -0.4 is 5.73 Å². The molecule has 3 nitrogen and oxygen atoms in total. The molecule has 1 aromatic rings. The van der Waals surface area contributed by atoms with Gasteiger partial charge in [0.25, 0.3) is 0 Å². The summed E-state index contributed by atoms with van der Waals surface area (Å²) < 4.78 is 38.9. The van der Waals surface area contributed by atoms with Crippen molar-refractivity contribution >= 4 is 5.82 Å². The zero-order valence-corrected chi connectivity index (χ0v) is 8.30. The van der Waals surface area contributed by atoms with Crippen LogP contribution in [0.15, 0.2) is 0 Å². The van der Waals surface area contributed by atoms with Crippen molar-refractivity contribution in [2.45, 2.75) is 32.5 Å². The number of nitrogen functional groups attached to an aromatic ring is 1. The smallest absolute Gasteiger partial charge is 0.382 e. The molecule has 2 heterocycles. The molecule has 2 rings (SSSR count). The molecule has 1 aliphatic rings. The molecule has 1 aromatic heterocycles. The highest BCUT2D eigenvalue weighted by Crippen LogP contribution is 2.34. The fraction of sp³-hybridized carbons (Fsp3) is 0.667. The van der Waals surface area contributed by atoms with E-state index in [9.17, 15) is 13.2 Å². The highest BCUT2D eigenvalue weighted by molar-refractivity contribution is 5.38. The fourth-order valence-corrected chi connectivity index (χ4v) is 1.97. The molecule has 15 heavy (non-hydrogen) atoms. The summed E-state index contributed by atoms with van der Waals surface area (Å²) >= 11 is 0. The third kappa shape index (κ3) is 1.68. The minimum atomic E-state index is -4.41. The molecular formula is C9H12F3N3. The molecule has 1 aliphatic heterocycles. The average molecular weight is 219 g/mol. The number of nitrogens with two attached hydrogens (primary N) is 1. The second-order valence-electron chi connectivity index (χ2n) is 4.02. The molecule has 1 atom stereocenters. The molecule has 0 spiro atoms. The monoisotopic (exact) mass is 219 g/mol. The Balaban J connectivity index is 2.50. The van der Waals surface area contributed by atoms with E-state index in [1.807, 2.05) is 6.92 Å². The Kier molecular flexibility index (Phi) is 2.17. The Labute approximate surface area is 85.1 Å². The summed E-state index contributed by atoms with van der Waals surface area (Å²) in [6.07, 6.45) is -2.97. The first kappa shape index (κ1) is 10.3. The van der Waals surface area contributed by atoms with Gasteiger partial charge in [-0.2, -0.15) is 13.2 Å². The van der Waals surface area contributed by atoms with Crippen molar-refractivity contribution < 1.29 is 13.2 Å². The summed E-state index contributed by atoms with van der Waals surface area (Å²) in [5.41, 5.74) is 6.00. The predicted octanol–water partition coefficient (Wildman–Crippen LogP) is 2.07. The lowest BCUT2D eigenvalue weighted by Crippen LogP contribution is -2.23. The lowest BCUT2D eigenvalue weighted by Gasteiger charge is -2.22. The summed E-state index contributed by atoms with van der Waals surface area (Å²) in [7, 11) is 0. The standard InChI is InChI=1S/C9H12F3N3/c1-5-2-3-6-7(13)14-8(9(10,11)12)15(6)4-5/h5H,2-4,13H2,1H3. The van der Waals surface area contributed by atoms with E-state index in [1.165, 1.54) is 4.57 Å². The minimum Gasteiger partial charge on any atom is -0.382 e. The average Bonchev–Trinajstić information content (AvgIpc) is 2.42. The van der Waals surface area contributed by atoms with E-state index in [2.05, 4.69) is 4.98 Å². The van der Waals surface area contributed by atoms with Crippen LogP contribution in [-0.2, 0) is 19.1 Å². The molecule has 0 bridgehead atoms. The Morgan fingerprint density at radius 3 is 2.73 bits per heavy atom. The molecular weight excluding hydrogens is 207 g/mol. The molecule has 1 unspecified atom stereocenters. The van der Waals surface area contributed by atoms with Gasteiger partial charge < -0.3 is 10.3 Å². The van der Waals surface area contributed by atoms with Crippen LogP contribution in [0.25, 0.3) is 0 Å². The van der Waals surface area contributed by atoms with E-state index in [4.69, 9.17) is 5.73 Å². The van der Waals surface area contributed by atoms with Gasteiger partial charge in [0.1, 0.15) is 5.82 Å². The molecule has 0 saturated heterocycles. The van der Waals surface area contributed by atoms with Crippen molar-refractivity contribution in [2.75, 3.05) is 5.73 Å². The van der Waals surface area contributed by atoms with Gasteiger partial charge in [-0.15, -0.1) is 0 Å². The van der Waals surface area contributed by atoms with Crippen LogP contribution in [0.2, 0.25) is 0 Å². The number of hydrogen-bond donors (Lipinski definition) is 1. The third-order valence-corrected chi connectivity index (χ3v) is 2.73. The van der Waals surface area contributed by atoms with Crippen LogP contribution >= 0.6 is 0 Å². The van der Waals surface area contributed by atoms with Gasteiger partial charge in [-0.1, -0.05) is 6.92 Å². The maximum atomic E-state index is 12.6. The van der Waals surface area contributed by atoms with E-state index >= 15 is 0 Å². The summed E-state index contributed by atoms with van der Waals surface area (Å²) in [5.74, 6) is -0.594. The van der Waals surface area contributed by atoms with Crippen molar-refractivity contribution in [3.05, 3.63) is 11.5 Å². The van der Waals surface area contributed by atoms with E-state index in [1.54, 1.807) is 0 Å². The fourth-order valence-electron chi connectivity index (χ4n) is 1.97. The Bertz CT molecular complexity index is 381. The quantitative estimate of drug-likeness (QED) is 0.725. The summed E-state index contributed by atoms with van der Waals surface area (Å²) in [6.45, 7) is 2.29. The SMILES string of the molecule is CC1CCc2c(N)nc(C(F)(F)F)n2C1. The van der Waals surface area contributed by atoms with Crippen LogP contribution in [0.3, 0.4) is 0 Å². The van der Waals surface area contributed by atoms with E-state index in [0.29, 0.717) is 18.7 Å². The molecule has 6 heteroatoms. The van der Waals surface area contributed by atoms with Crippen LogP contribution in [-0.4, -0.2) is 9.55 Å². The lowest BCUT2D eigenvalue weighted by atomic mass is 10.00. The minimum absolute atomic E-state index is 0.0224. The number of hydrogen-bond acceptors (Lipinski definition) is 2. The Hall–Kier alpha value is -1.20. The van der Waals surface area contributed by atoms with Crippen molar-refractivity contribution in [1.82, 2.24) is 9.55 Å². The second kappa shape index (κ2) is 3.15. The van der Waals surface area contributed by atoms with Gasteiger partial charge >= 0.3 is 6.18 Å². The van der Waals surface area contributed by atoms with Gasteiger partial charge in [0.2, 0.25) is 5.82 Å². The molecule has 0 aliphatic carbocycles. The van der Waals surface area contributed by atoms with Crippen LogP contribution in [0.4, 0.5) is 19.0 Å². The van der Waals surface area contributed by atoms with Crippen LogP contribution in [0.5, 0.6) is 0 Å². The summed E-state index contributed by atoms with van der Waals surface area (Å²) in [6, 6.07) is 0. The lowest BCUT2D eigenvalue weighted by molar-refractivity contribution is -0.147. The number of alkyl halides is 3. The highest BCUT2D eigenvalue weighted by atomic mass is 19.4. The number of halogens is 3. The molecule has 0 radical (unpaired) electrons. The number of fused-ring (bicyclic) bond motifs is 1.